The fraction of sp³-hybridized carbons (Fsp3) is 0.423. The number of anilines is 1. The lowest BCUT2D eigenvalue weighted by molar-refractivity contribution is -0.136. The third kappa shape index (κ3) is 4.40. The minimum atomic E-state index is -0.0947. The van der Waals surface area contributed by atoms with Gasteiger partial charge in [-0.15, -0.1) is 0 Å². The molecule has 0 spiro atoms. The van der Waals surface area contributed by atoms with Gasteiger partial charge >= 0.3 is 6.03 Å². The van der Waals surface area contributed by atoms with Gasteiger partial charge in [0, 0.05) is 50.2 Å². The molecule has 1 aromatic heterocycles. The summed E-state index contributed by atoms with van der Waals surface area (Å²) in [4.78, 5) is 33.4. The highest BCUT2D eigenvalue weighted by atomic mass is 16.2. The molecule has 1 fully saturated rings. The summed E-state index contributed by atoms with van der Waals surface area (Å²) in [6, 6.07) is 9.91. The van der Waals surface area contributed by atoms with Crippen LogP contribution in [0.4, 0.5) is 10.5 Å². The number of fused-ring (bicyclic) bond motifs is 1. The van der Waals surface area contributed by atoms with E-state index in [9.17, 15) is 9.59 Å². The summed E-state index contributed by atoms with van der Waals surface area (Å²) in [6.07, 6.45) is 12.4. The van der Waals surface area contributed by atoms with Crippen LogP contribution >= 0.6 is 0 Å². The van der Waals surface area contributed by atoms with Crippen molar-refractivity contribution in [2.24, 2.45) is 5.92 Å². The Morgan fingerprint density at radius 1 is 0.938 bits per heavy atom. The van der Waals surface area contributed by atoms with E-state index in [-0.39, 0.29) is 11.9 Å². The van der Waals surface area contributed by atoms with Crippen molar-refractivity contribution in [3.05, 3.63) is 65.5 Å². The predicted molar refractivity (Wildman–Crippen MR) is 125 cm³/mol. The highest BCUT2D eigenvalue weighted by molar-refractivity contribution is 5.90. The maximum absolute atomic E-state index is 12.8. The molecule has 32 heavy (non-hydrogen) atoms. The second-order valence-corrected chi connectivity index (χ2v) is 9.11. The van der Waals surface area contributed by atoms with Crippen molar-refractivity contribution < 1.29 is 9.59 Å². The van der Waals surface area contributed by atoms with Crippen LogP contribution in [0.5, 0.6) is 0 Å². The van der Waals surface area contributed by atoms with Gasteiger partial charge in [-0.2, -0.15) is 0 Å². The Labute approximate surface area is 189 Å². The molecule has 2 aliphatic heterocycles. The van der Waals surface area contributed by atoms with E-state index in [1.807, 2.05) is 29.3 Å². The maximum atomic E-state index is 12.8. The van der Waals surface area contributed by atoms with Crippen LogP contribution in [-0.2, 0) is 17.9 Å². The van der Waals surface area contributed by atoms with Crippen molar-refractivity contribution in [3.63, 3.8) is 0 Å². The van der Waals surface area contributed by atoms with Crippen LogP contribution in [0.2, 0.25) is 0 Å². The summed E-state index contributed by atoms with van der Waals surface area (Å²) in [5.41, 5.74) is 5.49. The number of urea groups is 1. The van der Waals surface area contributed by atoms with E-state index in [1.165, 1.54) is 24.8 Å². The van der Waals surface area contributed by atoms with Crippen LogP contribution in [0.15, 0.2) is 48.8 Å². The molecular formula is C26H30N4O2. The van der Waals surface area contributed by atoms with Gasteiger partial charge < -0.3 is 15.1 Å². The predicted octanol–water partition coefficient (Wildman–Crippen LogP) is 4.83. The van der Waals surface area contributed by atoms with E-state index in [0.717, 1.165) is 48.2 Å². The molecule has 3 aliphatic rings. The number of pyridine rings is 1. The van der Waals surface area contributed by atoms with Crippen molar-refractivity contribution >= 4 is 23.2 Å². The Morgan fingerprint density at radius 2 is 1.72 bits per heavy atom. The summed E-state index contributed by atoms with van der Waals surface area (Å²) in [7, 11) is 0. The molecule has 2 aromatic rings. The summed E-state index contributed by atoms with van der Waals surface area (Å²) in [5, 5.41) is 3.00. The number of aromatic nitrogens is 1. The Bertz CT molecular complexity index is 999. The highest BCUT2D eigenvalue weighted by Gasteiger charge is 2.27. The normalized spacial score (nSPS) is 18.8. The average Bonchev–Trinajstić information content (AvgIpc) is 3.29. The highest BCUT2D eigenvalue weighted by Crippen LogP contribution is 2.29. The van der Waals surface area contributed by atoms with E-state index in [1.54, 1.807) is 11.1 Å². The first-order valence-electron chi connectivity index (χ1n) is 11.7. The smallest absolute Gasteiger partial charge is 0.322 e. The molecule has 0 unspecified atom stereocenters. The lowest BCUT2D eigenvalue weighted by atomic mass is 9.87. The molecule has 0 saturated heterocycles. The number of carbonyl (C=O) groups is 2. The lowest BCUT2D eigenvalue weighted by Gasteiger charge is -2.31. The SMILES string of the molecule is O=C(Nc1ccc(C2=CCN(C(=O)C3CCCCC3)CC2)cc1)N1Cc2ccncc2C1. The number of hydrogen-bond acceptors (Lipinski definition) is 3. The van der Waals surface area contributed by atoms with Crippen molar-refractivity contribution in [1.29, 1.82) is 0 Å². The lowest BCUT2D eigenvalue weighted by Crippen LogP contribution is -2.39. The van der Waals surface area contributed by atoms with Crippen molar-refractivity contribution in [1.82, 2.24) is 14.8 Å². The Kier molecular flexibility index (Phi) is 5.93. The standard InChI is InChI=1S/C26H30N4O2/c31-25(21-4-2-1-3-5-21)29-14-11-20(12-15-29)19-6-8-24(9-7-19)28-26(32)30-17-22-10-13-27-16-23(22)18-30/h6-11,13,16,21H,1-5,12,14-15,17-18H2,(H,28,32). The molecule has 3 heterocycles. The monoisotopic (exact) mass is 430 g/mol. The van der Waals surface area contributed by atoms with E-state index in [0.29, 0.717) is 25.5 Å². The van der Waals surface area contributed by atoms with Crippen LogP contribution in [0.1, 0.15) is 55.2 Å². The molecule has 0 radical (unpaired) electrons. The van der Waals surface area contributed by atoms with E-state index >= 15 is 0 Å². The molecule has 1 saturated carbocycles. The van der Waals surface area contributed by atoms with Crippen LogP contribution in [0.25, 0.3) is 5.57 Å². The van der Waals surface area contributed by atoms with E-state index < -0.39 is 0 Å². The van der Waals surface area contributed by atoms with Crippen molar-refractivity contribution in [3.8, 4) is 0 Å². The summed E-state index contributed by atoms with van der Waals surface area (Å²) >= 11 is 0. The van der Waals surface area contributed by atoms with Gasteiger partial charge in [0.1, 0.15) is 0 Å². The second kappa shape index (κ2) is 9.15. The van der Waals surface area contributed by atoms with Crippen molar-refractivity contribution in [2.45, 2.75) is 51.6 Å². The molecule has 0 bridgehead atoms. The van der Waals surface area contributed by atoms with Gasteiger partial charge in [0.05, 0.1) is 0 Å². The first-order valence-corrected chi connectivity index (χ1v) is 11.7. The van der Waals surface area contributed by atoms with Gasteiger partial charge in [-0.3, -0.25) is 9.78 Å². The van der Waals surface area contributed by atoms with Gasteiger partial charge in [0.25, 0.3) is 0 Å². The summed E-state index contributed by atoms with van der Waals surface area (Å²) in [6.45, 7) is 2.71. The Morgan fingerprint density at radius 3 is 2.44 bits per heavy atom. The number of hydrogen-bond donors (Lipinski definition) is 1. The third-order valence-electron chi connectivity index (χ3n) is 7.00. The molecule has 166 valence electrons. The Balaban J connectivity index is 1.16. The molecule has 6 nitrogen and oxygen atoms in total. The molecule has 5 rings (SSSR count). The van der Waals surface area contributed by atoms with Gasteiger partial charge in [-0.1, -0.05) is 37.5 Å². The fourth-order valence-corrected chi connectivity index (χ4v) is 5.07. The maximum Gasteiger partial charge on any atom is 0.322 e. The molecule has 1 N–H and O–H groups in total. The number of benzene rings is 1. The Hall–Kier alpha value is -3.15. The molecule has 1 aromatic carbocycles. The van der Waals surface area contributed by atoms with Gasteiger partial charge in [-0.05, 0) is 59.7 Å². The zero-order valence-corrected chi connectivity index (χ0v) is 18.4. The minimum absolute atomic E-state index is 0.0947. The quantitative estimate of drug-likeness (QED) is 0.759. The first kappa shape index (κ1) is 20.7. The number of carbonyl (C=O) groups excluding carboxylic acids is 2. The fourth-order valence-electron chi connectivity index (χ4n) is 5.07. The zero-order valence-electron chi connectivity index (χ0n) is 18.4. The molecule has 3 amide bonds. The first-order chi connectivity index (χ1) is 15.7. The molecule has 0 atom stereocenters. The number of rotatable bonds is 3. The number of nitrogens with zero attached hydrogens (tertiary/aromatic N) is 3. The van der Waals surface area contributed by atoms with E-state index in [2.05, 4.69) is 28.5 Å². The van der Waals surface area contributed by atoms with Crippen LogP contribution in [0.3, 0.4) is 0 Å². The average molecular weight is 431 g/mol. The van der Waals surface area contributed by atoms with E-state index in [4.69, 9.17) is 0 Å². The van der Waals surface area contributed by atoms with Crippen molar-refractivity contribution in [2.75, 3.05) is 18.4 Å². The van der Waals surface area contributed by atoms with Crippen LogP contribution in [0, 0.1) is 5.92 Å². The summed E-state index contributed by atoms with van der Waals surface area (Å²) in [5.74, 6) is 0.583. The molecule has 1 aliphatic carbocycles. The summed E-state index contributed by atoms with van der Waals surface area (Å²) < 4.78 is 0. The minimum Gasteiger partial charge on any atom is -0.338 e. The number of amides is 3. The second-order valence-electron chi connectivity index (χ2n) is 9.11. The number of nitrogens with one attached hydrogen (secondary N) is 1. The molecular weight excluding hydrogens is 400 g/mol. The van der Waals surface area contributed by atoms with Crippen LogP contribution in [-0.4, -0.2) is 39.8 Å². The topological polar surface area (TPSA) is 65.5 Å². The van der Waals surface area contributed by atoms with Crippen LogP contribution < -0.4 is 5.32 Å². The molecule has 6 heteroatoms. The zero-order chi connectivity index (χ0) is 21.9. The largest absolute Gasteiger partial charge is 0.338 e. The van der Waals surface area contributed by atoms with Gasteiger partial charge in [0.2, 0.25) is 5.91 Å². The van der Waals surface area contributed by atoms with Gasteiger partial charge in [-0.25, -0.2) is 4.79 Å². The van der Waals surface area contributed by atoms with Gasteiger partial charge in [0.15, 0.2) is 0 Å². The third-order valence-corrected chi connectivity index (χ3v) is 7.00.